The second kappa shape index (κ2) is 5.70. The molecule has 0 spiro atoms. The van der Waals surface area contributed by atoms with Crippen molar-refractivity contribution in [3.8, 4) is 11.5 Å². The summed E-state index contributed by atoms with van der Waals surface area (Å²) in [5.41, 5.74) is 6.37. The number of methoxy groups -OCH3 is 1. The highest BCUT2D eigenvalue weighted by atomic mass is 32.1. The van der Waals surface area contributed by atoms with E-state index in [0.29, 0.717) is 23.3 Å². The number of thiocarbonyl (C=S) groups is 1. The summed E-state index contributed by atoms with van der Waals surface area (Å²) in [5.74, 6) is 1.87. The normalized spacial score (nSPS) is 10.2. The molecule has 0 heterocycles. The molecule has 1 aromatic carbocycles. The molecule has 88 valence electrons. The number of ether oxygens (including phenoxy) is 2. The topological polar surface area (TPSA) is 44.5 Å². The van der Waals surface area contributed by atoms with Crippen molar-refractivity contribution in [1.82, 2.24) is 0 Å². The zero-order valence-corrected chi connectivity index (χ0v) is 10.6. The Hall–Kier alpha value is -1.29. The lowest BCUT2D eigenvalue weighted by molar-refractivity contribution is 0.269. The predicted molar refractivity (Wildman–Crippen MR) is 69.2 cm³/mol. The Morgan fingerprint density at radius 3 is 2.62 bits per heavy atom. The van der Waals surface area contributed by atoms with E-state index in [0.717, 1.165) is 11.3 Å². The zero-order valence-electron chi connectivity index (χ0n) is 9.82. The summed E-state index contributed by atoms with van der Waals surface area (Å²) in [6.07, 6.45) is 0. The highest BCUT2D eigenvalue weighted by molar-refractivity contribution is 7.80. The summed E-state index contributed by atoms with van der Waals surface area (Å²) in [5, 5.41) is 0. The summed E-state index contributed by atoms with van der Waals surface area (Å²) in [6, 6.07) is 5.43. The van der Waals surface area contributed by atoms with Gasteiger partial charge in [-0.3, -0.25) is 0 Å². The van der Waals surface area contributed by atoms with E-state index < -0.39 is 0 Å². The largest absolute Gasteiger partial charge is 0.497 e. The molecule has 0 saturated carbocycles. The van der Waals surface area contributed by atoms with Crippen LogP contribution in [0.4, 0.5) is 0 Å². The van der Waals surface area contributed by atoms with Gasteiger partial charge in [0.1, 0.15) is 16.5 Å². The molecule has 0 aliphatic rings. The molecular formula is C12H17NO2S. The summed E-state index contributed by atoms with van der Waals surface area (Å²) in [7, 11) is 1.61. The average Bonchev–Trinajstić information content (AvgIpc) is 2.25. The standard InChI is InChI=1S/C12H17NO2S/c1-8(2)7-15-11-6-9(14-3)4-5-10(11)12(13)16/h4-6,8H,7H2,1-3H3,(H2,13,16). The van der Waals surface area contributed by atoms with Crippen LogP contribution in [-0.4, -0.2) is 18.7 Å². The fourth-order valence-electron chi connectivity index (χ4n) is 1.21. The van der Waals surface area contributed by atoms with Crippen LogP contribution in [0.3, 0.4) is 0 Å². The highest BCUT2D eigenvalue weighted by Crippen LogP contribution is 2.25. The maximum Gasteiger partial charge on any atom is 0.133 e. The van der Waals surface area contributed by atoms with Crippen molar-refractivity contribution in [2.45, 2.75) is 13.8 Å². The van der Waals surface area contributed by atoms with E-state index in [1.807, 2.05) is 12.1 Å². The monoisotopic (exact) mass is 239 g/mol. The average molecular weight is 239 g/mol. The third-order valence-corrected chi connectivity index (χ3v) is 2.25. The first kappa shape index (κ1) is 12.8. The van der Waals surface area contributed by atoms with Gasteiger partial charge in [-0.15, -0.1) is 0 Å². The van der Waals surface area contributed by atoms with Crippen molar-refractivity contribution in [3.05, 3.63) is 23.8 Å². The Balaban J connectivity index is 2.96. The van der Waals surface area contributed by atoms with Crippen molar-refractivity contribution >= 4 is 17.2 Å². The minimum absolute atomic E-state index is 0.335. The van der Waals surface area contributed by atoms with Gasteiger partial charge < -0.3 is 15.2 Å². The van der Waals surface area contributed by atoms with Crippen molar-refractivity contribution in [2.75, 3.05) is 13.7 Å². The fourth-order valence-corrected chi connectivity index (χ4v) is 1.38. The van der Waals surface area contributed by atoms with Crippen LogP contribution in [0.2, 0.25) is 0 Å². The molecule has 0 bridgehead atoms. The third kappa shape index (κ3) is 3.38. The van der Waals surface area contributed by atoms with Crippen molar-refractivity contribution in [1.29, 1.82) is 0 Å². The van der Waals surface area contributed by atoms with Gasteiger partial charge in [0, 0.05) is 6.07 Å². The van der Waals surface area contributed by atoms with Gasteiger partial charge in [-0.1, -0.05) is 26.1 Å². The minimum atomic E-state index is 0.335. The maximum atomic E-state index is 5.65. The lowest BCUT2D eigenvalue weighted by Gasteiger charge is -2.13. The Bertz CT molecular complexity index is 377. The van der Waals surface area contributed by atoms with Crippen LogP contribution in [0, 0.1) is 5.92 Å². The Kier molecular flexibility index (Phi) is 4.55. The lowest BCUT2D eigenvalue weighted by Crippen LogP contribution is -2.13. The molecule has 0 aromatic heterocycles. The fraction of sp³-hybridized carbons (Fsp3) is 0.417. The van der Waals surface area contributed by atoms with Crippen LogP contribution in [0.25, 0.3) is 0 Å². The van der Waals surface area contributed by atoms with Gasteiger partial charge in [0.15, 0.2) is 0 Å². The zero-order chi connectivity index (χ0) is 12.1. The van der Waals surface area contributed by atoms with Crippen LogP contribution >= 0.6 is 12.2 Å². The maximum absolute atomic E-state index is 5.65. The molecule has 0 aliphatic carbocycles. The molecule has 1 rings (SSSR count). The number of benzene rings is 1. The van der Waals surface area contributed by atoms with Gasteiger partial charge in [0.05, 0.1) is 19.3 Å². The van der Waals surface area contributed by atoms with E-state index >= 15 is 0 Å². The molecule has 0 aliphatic heterocycles. The van der Waals surface area contributed by atoms with Crippen LogP contribution in [0.1, 0.15) is 19.4 Å². The van der Waals surface area contributed by atoms with E-state index in [1.54, 1.807) is 13.2 Å². The second-order valence-electron chi connectivity index (χ2n) is 3.93. The van der Waals surface area contributed by atoms with Gasteiger partial charge >= 0.3 is 0 Å². The first-order chi connectivity index (χ1) is 7.54. The molecule has 0 atom stereocenters. The summed E-state index contributed by atoms with van der Waals surface area (Å²) in [6.45, 7) is 4.80. The lowest BCUT2D eigenvalue weighted by atomic mass is 10.2. The van der Waals surface area contributed by atoms with E-state index in [9.17, 15) is 0 Å². The predicted octanol–water partition coefficient (Wildman–Crippen LogP) is 2.36. The van der Waals surface area contributed by atoms with E-state index in [4.69, 9.17) is 27.4 Å². The Morgan fingerprint density at radius 2 is 2.12 bits per heavy atom. The van der Waals surface area contributed by atoms with Crippen molar-refractivity contribution in [3.63, 3.8) is 0 Å². The van der Waals surface area contributed by atoms with E-state index in [2.05, 4.69) is 13.8 Å². The van der Waals surface area contributed by atoms with Gasteiger partial charge in [-0.05, 0) is 18.1 Å². The molecule has 0 fully saturated rings. The minimum Gasteiger partial charge on any atom is -0.497 e. The van der Waals surface area contributed by atoms with Crippen LogP contribution in [-0.2, 0) is 0 Å². The van der Waals surface area contributed by atoms with Gasteiger partial charge in [0.25, 0.3) is 0 Å². The second-order valence-corrected chi connectivity index (χ2v) is 4.37. The molecule has 4 heteroatoms. The van der Waals surface area contributed by atoms with Crippen LogP contribution in [0.5, 0.6) is 11.5 Å². The molecule has 0 unspecified atom stereocenters. The summed E-state index contributed by atoms with van der Waals surface area (Å²) >= 11 is 4.97. The number of nitrogens with two attached hydrogens (primary N) is 1. The molecular weight excluding hydrogens is 222 g/mol. The quantitative estimate of drug-likeness (QED) is 0.801. The number of rotatable bonds is 5. The molecule has 0 saturated heterocycles. The van der Waals surface area contributed by atoms with Gasteiger partial charge in [0.2, 0.25) is 0 Å². The Morgan fingerprint density at radius 1 is 1.44 bits per heavy atom. The third-order valence-electron chi connectivity index (χ3n) is 2.03. The van der Waals surface area contributed by atoms with Crippen molar-refractivity contribution in [2.24, 2.45) is 11.7 Å². The SMILES string of the molecule is COc1ccc(C(N)=S)c(OCC(C)C)c1. The molecule has 0 radical (unpaired) electrons. The van der Waals surface area contributed by atoms with E-state index in [-0.39, 0.29) is 0 Å². The first-order valence-corrected chi connectivity index (χ1v) is 5.56. The molecule has 0 amide bonds. The van der Waals surface area contributed by atoms with Gasteiger partial charge in [-0.25, -0.2) is 0 Å². The molecule has 3 nitrogen and oxygen atoms in total. The summed E-state index contributed by atoms with van der Waals surface area (Å²) in [4.78, 5) is 0.335. The molecule has 1 aromatic rings. The smallest absolute Gasteiger partial charge is 0.133 e. The Labute approximate surface area is 102 Å². The number of hydrogen-bond acceptors (Lipinski definition) is 3. The first-order valence-electron chi connectivity index (χ1n) is 5.15. The summed E-state index contributed by atoms with van der Waals surface area (Å²) < 4.78 is 10.8. The van der Waals surface area contributed by atoms with Crippen LogP contribution in [0.15, 0.2) is 18.2 Å². The molecule has 2 N–H and O–H groups in total. The van der Waals surface area contributed by atoms with Crippen molar-refractivity contribution < 1.29 is 9.47 Å². The highest BCUT2D eigenvalue weighted by Gasteiger charge is 2.08. The van der Waals surface area contributed by atoms with E-state index in [1.165, 1.54) is 0 Å². The van der Waals surface area contributed by atoms with Gasteiger partial charge in [-0.2, -0.15) is 0 Å². The van der Waals surface area contributed by atoms with Crippen LogP contribution < -0.4 is 15.2 Å². The number of hydrogen-bond donors (Lipinski definition) is 1. The molecule has 16 heavy (non-hydrogen) atoms.